The average Bonchev–Trinajstić information content (AvgIpc) is 2.66. The van der Waals surface area contributed by atoms with Gasteiger partial charge in [-0.25, -0.2) is 9.48 Å². The van der Waals surface area contributed by atoms with Crippen LogP contribution < -0.4 is 5.69 Å². The van der Waals surface area contributed by atoms with Crippen LogP contribution in [0.15, 0.2) is 29.2 Å². The van der Waals surface area contributed by atoms with Crippen LogP contribution in [0.4, 0.5) is 0 Å². The van der Waals surface area contributed by atoms with Gasteiger partial charge in [-0.15, -0.1) is 5.10 Å². The molecule has 0 aliphatic carbocycles. The molecule has 0 atom stereocenters. The zero-order valence-corrected chi connectivity index (χ0v) is 10.9. The first kappa shape index (κ1) is 12.8. The fourth-order valence-corrected chi connectivity index (χ4v) is 1.69. The van der Waals surface area contributed by atoms with Gasteiger partial charge in [-0.2, -0.15) is 0 Å². The number of hydrogen-bond acceptors (Lipinski definition) is 3. The van der Waals surface area contributed by atoms with Crippen LogP contribution in [0, 0.1) is 5.92 Å². The Morgan fingerprint density at radius 1 is 1.33 bits per heavy atom. The van der Waals surface area contributed by atoms with Crippen LogP contribution in [-0.4, -0.2) is 27.4 Å². The molecule has 5 nitrogen and oxygen atoms in total. The zero-order chi connectivity index (χ0) is 13.0. The van der Waals surface area contributed by atoms with Gasteiger partial charge in [-0.3, -0.25) is 4.40 Å². The molecule has 18 heavy (non-hydrogen) atoms. The van der Waals surface area contributed by atoms with Gasteiger partial charge >= 0.3 is 5.69 Å². The van der Waals surface area contributed by atoms with E-state index in [1.54, 1.807) is 6.20 Å². The number of hydrogen-bond donors (Lipinski definition) is 0. The van der Waals surface area contributed by atoms with E-state index >= 15 is 0 Å². The summed E-state index contributed by atoms with van der Waals surface area (Å²) in [4.78, 5) is 11.9. The van der Waals surface area contributed by atoms with Gasteiger partial charge in [0.05, 0.1) is 13.2 Å². The first-order chi connectivity index (χ1) is 8.68. The molecule has 0 saturated heterocycles. The van der Waals surface area contributed by atoms with Gasteiger partial charge in [-0.1, -0.05) is 19.9 Å². The van der Waals surface area contributed by atoms with E-state index in [1.165, 1.54) is 9.08 Å². The minimum atomic E-state index is -0.113. The van der Waals surface area contributed by atoms with Crippen molar-refractivity contribution in [2.45, 2.75) is 26.8 Å². The molecule has 0 saturated carbocycles. The highest BCUT2D eigenvalue weighted by Crippen LogP contribution is 1.99. The molecule has 98 valence electrons. The van der Waals surface area contributed by atoms with Gasteiger partial charge in [0.15, 0.2) is 5.65 Å². The lowest BCUT2D eigenvalue weighted by atomic mass is 10.1. The Morgan fingerprint density at radius 2 is 2.17 bits per heavy atom. The molecule has 0 N–H and O–H groups in total. The summed E-state index contributed by atoms with van der Waals surface area (Å²) in [6.07, 6.45) is 2.76. The molecule has 0 aliphatic rings. The minimum absolute atomic E-state index is 0.113. The van der Waals surface area contributed by atoms with Gasteiger partial charge in [0.2, 0.25) is 0 Å². The second-order valence-electron chi connectivity index (χ2n) is 4.73. The van der Waals surface area contributed by atoms with Crippen molar-refractivity contribution in [2.24, 2.45) is 5.92 Å². The highest BCUT2D eigenvalue weighted by atomic mass is 16.5. The largest absolute Gasteiger partial charge is 0.380 e. The SMILES string of the molecule is CC(C)CCOCCn1nc2ccccn2c1=O. The highest BCUT2D eigenvalue weighted by Gasteiger charge is 2.05. The summed E-state index contributed by atoms with van der Waals surface area (Å²) in [5.74, 6) is 0.642. The first-order valence-electron chi connectivity index (χ1n) is 6.30. The molecular weight excluding hydrogens is 230 g/mol. The van der Waals surface area contributed by atoms with Gasteiger partial charge in [0.1, 0.15) is 0 Å². The van der Waals surface area contributed by atoms with E-state index in [1.807, 2.05) is 18.2 Å². The number of nitrogens with zero attached hydrogens (tertiary/aromatic N) is 3. The molecular formula is C13H19N3O2. The van der Waals surface area contributed by atoms with Crippen molar-refractivity contribution in [2.75, 3.05) is 13.2 Å². The maximum Gasteiger partial charge on any atom is 0.350 e. The van der Waals surface area contributed by atoms with Crippen LogP contribution >= 0.6 is 0 Å². The van der Waals surface area contributed by atoms with E-state index in [-0.39, 0.29) is 5.69 Å². The Bertz CT molecular complexity index is 557. The summed E-state index contributed by atoms with van der Waals surface area (Å²) in [6.45, 7) is 6.08. The number of aromatic nitrogens is 3. The van der Waals surface area contributed by atoms with Crippen molar-refractivity contribution < 1.29 is 4.74 Å². The molecule has 5 heteroatoms. The minimum Gasteiger partial charge on any atom is -0.380 e. The standard InChI is InChI=1S/C13H19N3O2/c1-11(2)6-9-18-10-8-16-13(17)15-7-4-3-5-12(15)14-16/h3-5,7,11H,6,8-10H2,1-2H3. The van der Waals surface area contributed by atoms with E-state index in [0.717, 1.165) is 13.0 Å². The fourth-order valence-electron chi connectivity index (χ4n) is 1.69. The van der Waals surface area contributed by atoms with Crippen LogP contribution in [0.2, 0.25) is 0 Å². The summed E-state index contributed by atoms with van der Waals surface area (Å²) in [5, 5.41) is 4.23. The quantitative estimate of drug-likeness (QED) is 0.730. The van der Waals surface area contributed by atoms with Crippen LogP contribution in [-0.2, 0) is 11.3 Å². The van der Waals surface area contributed by atoms with Gasteiger partial charge in [0, 0.05) is 12.8 Å². The first-order valence-corrected chi connectivity index (χ1v) is 6.30. The molecule has 2 heterocycles. The maximum atomic E-state index is 11.9. The second-order valence-corrected chi connectivity index (χ2v) is 4.73. The Balaban J connectivity index is 1.92. The molecule has 0 spiro atoms. The van der Waals surface area contributed by atoms with E-state index in [4.69, 9.17) is 4.74 Å². The van der Waals surface area contributed by atoms with Crippen LogP contribution in [0.1, 0.15) is 20.3 Å². The van der Waals surface area contributed by atoms with Crippen molar-refractivity contribution in [1.82, 2.24) is 14.2 Å². The summed E-state index contributed by atoms with van der Waals surface area (Å²) < 4.78 is 8.48. The smallest absolute Gasteiger partial charge is 0.350 e. The Kier molecular flexibility index (Phi) is 4.15. The third-order valence-corrected chi connectivity index (χ3v) is 2.78. The van der Waals surface area contributed by atoms with E-state index in [9.17, 15) is 4.79 Å². The van der Waals surface area contributed by atoms with Crippen LogP contribution in [0.5, 0.6) is 0 Å². The topological polar surface area (TPSA) is 48.5 Å². The third kappa shape index (κ3) is 2.98. The lowest BCUT2D eigenvalue weighted by molar-refractivity contribution is 0.113. The van der Waals surface area contributed by atoms with Gasteiger partial charge in [0.25, 0.3) is 0 Å². The van der Waals surface area contributed by atoms with Crippen molar-refractivity contribution in [3.8, 4) is 0 Å². The zero-order valence-electron chi connectivity index (χ0n) is 10.9. The molecule has 2 aromatic rings. The van der Waals surface area contributed by atoms with Crippen molar-refractivity contribution in [1.29, 1.82) is 0 Å². The summed E-state index contributed by atoms with van der Waals surface area (Å²) in [6, 6.07) is 5.50. The molecule has 0 unspecified atom stereocenters. The molecule has 0 amide bonds. The number of ether oxygens (including phenoxy) is 1. The summed E-state index contributed by atoms with van der Waals surface area (Å²) in [7, 11) is 0. The third-order valence-electron chi connectivity index (χ3n) is 2.78. The van der Waals surface area contributed by atoms with Crippen LogP contribution in [0.3, 0.4) is 0 Å². The van der Waals surface area contributed by atoms with Crippen molar-refractivity contribution in [3.63, 3.8) is 0 Å². The van der Waals surface area contributed by atoms with Crippen molar-refractivity contribution in [3.05, 3.63) is 34.9 Å². The van der Waals surface area contributed by atoms with E-state index in [2.05, 4.69) is 18.9 Å². The normalized spacial score (nSPS) is 11.5. The number of fused-ring (bicyclic) bond motifs is 1. The molecule has 2 aromatic heterocycles. The average molecular weight is 249 g/mol. The Labute approximate surface area is 106 Å². The fraction of sp³-hybridized carbons (Fsp3) is 0.538. The Hall–Kier alpha value is -1.62. The second kappa shape index (κ2) is 5.82. The lowest BCUT2D eigenvalue weighted by Crippen LogP contribution is -2.23. The van der Waals surface area contributed by atoms with Crippen LogP contribution in [0.25, 0.3) is 5.65 Å². The van der Waals surface area contributed by atoms with Gasteiger partial charge < -0.3 is 4.74 Å². The Morgan fingerprint density at radius 3 is 2.89 bits per heavy atom. The lowest BCUT2D eigenvalue weighted by Gasteiger charge is -2.05. The van der Waals surface area contributed by atoms with Gasteiger partial charge in [-0.05, 0) is 24.5 Å². The number of pyridine rings is 1. The monoisotopic (exact) mass is 249 g/mol. The van der Waals surface area contributed by atoms with Crippen molar-refractivity contribution >= 4 is 5.65 Å². The summed E-state index contributed by atoms with van der Waals surface area (Å²) in [5.41, 5.74) is 0.558. The highest BCUT2D eigenvalue weighted by molar-refractivity contribution is 5.35. The predicted octanol–water partition coefficient (Wildman–Crippen LogP) is 1.56. The maximum absolute atomic E-state index is 11.9. The van der Waals surface area contributed by atoms with E-state index in [0.29, 0.717) is 24.7 Å². The molecule has 0 aromatic carbocycles. The molecule has 0 aliphatic heterocycles. The van der Waals surface area contributed by atoms with E-state index < -0.39 is 0 Å². The molecule has 0 fully saturated rings. The molecule has 0 bridgehead atoms. The summed E-state index contributed by atoms with van der Waals surface area (Å²) >= 11 is 0. The molecule has 2 rings (SSSR count). The molecule has 0 radical (unpaired) electrons. The predicted molar refractivity (Wildman–Crippen MR) is 69.7 cm³/mol. The number of rotatable bonds is 6.